The number of benzene rings is 1. The van der Waals surface area contributed by atoms with Crippen LogP contribution in [-0.2, 0) is 15.0 Å². The first-order chi connectivity index (χ1) is 11.9. The lowest BCUT2D eigenvalue weighted by molar-refractivity contribution is -0.117. The first-order valence-electron chi connectivity index (χ1n) is 8.39. The van der Waals surface area contributed by atoms with Crippen LogP contribution < -0.4 is 5.32 Å². The second kappa shape index (κ2) is 8.70. The Balaban J connectivity index is 1.85. The molecule has 1 aromatic carbocycles. The molecule has 1 amide bonds. The van der Waals surface area contributed by atoms with Crippen LogP contribution in [0.5, 0.6) is 0 Å². The molecule has 0 bridgehead atoms. The number of nitrogens with one attached hydrogen (secondary N) is 1. The molecule has 0 radical (unpaired) electrons. The highest BCUT2D eigenvalue weighted by molar-refractivity contribution is 7.86. The SMILES string of the molecule is CCN(CC)S(=O)(=O)N1CCN(CC(=O)Nc2cccc(F)c2)CC1. The fourth-order valence-corrected chi connectivity index (χ4v) is 4.41. The highest BCUT2D eigenvalue weighted by Crippen LogP contribution is 2.13. The van der Waals surface area contributed by atoms with Gasteiger partial charge in [-0.3, -0.25) is 9.69 Å². The van der Waals surface area contributed by atoms with Crippen molar-refractivity contribution in [3.8, 4) is 0 Å². The van der Waals surface area contributed by atoms with Crippen LogP contribution in [0.4, 0.5) is 10.1 Å². The summed E-state index contributed by atoms with van der Waals surface area (Å²) < 4.78 is 41.0. The fourth-order valence-electron chi connectivity index (χ4n) is 2.80. The van der Waals surface area contributed by atoms with Crippen molar-refractivity contribution < 1.29 is 17.6 Å². The van der Waals surface area contributed by atoms with E-state index in [2.05, 4.69) is 5.32 Å². The van der Waals surface area contributed by atoms with Gasteiger partial charge in [0, 0.05) is 45.0 Å². The van der Waals surface area contributed by atoms with Crippen molar-refractivity contribution in [1.29, 1.82) is 0 Å². The first kappa shape index (κ1) is 19.8. The van der Waals surface area contributed by atoms with Gasteiger partial charge in [0.05, 0.1) is 6.54 Å². The Morgan fingerprint density at radius 1 is 1.20 bits per heavy atom. The highest BCUT2D eigenvalue weighted by atomic mass is 32.2. The molecule has 1 aromatic rings. The van der Waals surface area contributed by atoms with Crippen LogP contribution in [0.2, 0.25) is 0 Å². The van der Waals surface area contributed by atoms with E-state index in [4.69, 9.17) is 0 Å². The molecule has 1 aliphatic rings. The third-order valence-electron chi connectivity index (χ3n) is 4.16. The molecule has 9 heteroatoms. The summed E-state index contributed by atoms with van der Waals surface area (Å²) in [4.78, 5) is 13.9. The van der Waals surface area contributed by atoms with Crippen LogP contribution in [0.3, 0.4) is 0 Å². The quantitative estimate of drug-likeness (QED) is 0.774. The summed E-state index contributed by atoms with van der Waals surface area (Å²) in [6.45, 7) is 6.33. The monoisotopic (exact) mass is 372 g/mol. The van der Waals surface area contributed by atoms with E-state index < -0.39 is 16.0 Å². The van der Waals surface area contributed by atoms with Gasteiger partial charge in [-0.05, 0) is 18.2 Å². The molecule has 0 saturated carbocycles. The lowest BCUT2D eigenvalue weighted by atomic mass is 10.3. The summed E-state index contributed by atoms with van der Waals surface area (Å²) in [6.07, 6.45) is 0. The van der Waals surface area contributed by atoms with Crippen molar-refractivity contribution in [3.05, 3.63) is 30.1 Å². The Kier molecular flexibility index (Phi) is 6.88. The zero-order chi connectivity index (χ0) is 18.4. The summed E-state index contributed by atoms with van der Waals surface area (Å²) in [5, 5.41) is 2.65. The molecule has 0 spiro atoms. The minimum atomic E-state index is -3.43. The maximum absolute atomic E-state index is 13.1. The number of carbonyl (C=O) groups excluding carboxylic acids is 1. The van der Waals surface area contributed by atoms with Gasteiger partial charge in [0.1, 0.15) is 5.82 Å². The topological polar surface area (TPSA) is 73.0 Å². The second-order valence-corrected chi connectivity index (χ2v) is 7.75. The lowest BCUT2D eigenvalue weighted by Gasteiger charge is -2.35. The van der Waals surface area contributed by atoms with E-state index in [-0.39, 0.29) is 12.5 Å². The molecule has 0 aromatic heterocycles. The average molecular weight is 372 g/mol. The third-order valence-corrected chi connectivity index (χ3v) is 6.35. The minimum Gasteiger partial charge on any atom is -0.325 e. The van der Waals surface area contributed by atoms with Gasteiger partial charge in [0.2, 0.25) is 5.91 Å². The van der Waals surface area contributed by atoms with E-state index in [0.29, 0.717) is 45.0 Å². The minimum absolute atomic E-state index is 0.148. The molecule has 1 heterocycles. The van der Waals surface area contributed by atoms with E-state index in [1.54, 1.807) is 6.07 Å². The van der Waals surface area contributed by atoms with Gasteiger partial charge in [-0.2, -0.15) is 17.0 Å². The van der Waals surface area contributed by atoms with Crippen LogP contribution >= 0.6 is 0 Å². The third kappa shape index (κ3) is 5.21. The number of carbonyl (C=O) groups is 1. The molecule has 1 fully saturated rings. The van der Waals surface area contributed by atoms with Crippen LogP contribution in [0.25, 0.3) is 0 Å². The molecule has 0 atom stereocenters. The first-order valence-corrected chi connectivity index (χ1v) is 9.79. The number of halogens is 1. The summed E-state index contributed by atoms with van der Waals surface area (Å²) >= 11 is 0. The van der Waals surface area contributed by atoms with Crippen LogP contribution in [0.1, 0.15) is 13.8 Å². The molecular weight excluding hydrogens is 347 g/mol. The molecule has 2 rings (SSSR count). The van der Waals surface area contributed by atoms with E-state index in [9.17, 15) is 17.6 Å². The number of anilines is 1. The summed E-state index contributed by atoms with van der Waals surface area (Å²) in [6, 6.07) is 5.72. The van der Waals surface area contributed by atoms with Crippen molar-refractivity contribution in [3.63, 3.8) is 0 Å². The van der Waals surface area contributed by atoms with Gasteiger partial charge in [-0.15, -0.1) is 0 Å². The summed E-state index contributed by atoms with van der Waals surface area (Å²) in [7, 11) is -3.43. The van der Waals surface area contributed by atoms with Gasteiger partial charge in [-0.1, -0.05) is 19.9 Å². The number of piperazine rings is 1. The molecular formula is C16H25FN4O3S. The Labute approximate surface area is 148 Å². The predicted molar refractivity (Wildman–Crippen MR) is 94.9 cm³/mol. The maximum atomic E-state index is 13.1. The van der Waals surface area contributed by atoms with E-state index in [1.165, 1.54) is 26.8 Å². The number of amides is 1. The molecule has 0 unspecified atom stereocenters. The molecule has 140 valence electrons. The summed E-state index contributed by atoms with van der Waals surface area (Å²) in [5.74, 6) is -0.654. The standard InChI is InChI=1S/C16H25FN4O3S/c1-3-20(4-2)25(23,24)21-10-8-19(9-11-21)13-16(22)18-15-7-5-6-14(17)12-15/h5-7,12H,3-4,8-11,13H2,1-2H3,(H,18,22). The van der Waals surface area contributed by atoms with Gasteiger partial charge < -0.3 is 5.32 Å². The Morgan fingerprint density at radius 2 is 1.84 bits per heavy atom. The summed E-state index contributed by atoms with van der Waals surface area (Å²) in [5.41, 5.74) is 0.410. The Hall–Kier alpha value is -1.55. The number of nitrogens with zero attached hydrogens (tertiary/aromatic N) is 3. The normalized spacial score (nSPS) is 17.0. The lowest BCUT2D eigenvalue weighted by Crippen LogP contribution is -2.54. The zero-order valence-corrected chi connectivity index (χ0v) is 15.4. The largest absolute Gasteiger partial charge is 0.325 e. The molecule has 7 nitrogen and oxygen atoms in total. The smallest absolute Gasteiger partial charge is 0.282 e. The molecule has 1 saturated heterocycles. The highest BCUT2D eigenvalue weighted by Gasteiger charge is 2.31. The van der Waals surface area contributed by atoms with Crippen LogP contribution in [0, 0.1) is 5.82 Å². The van der Waals surface area contributed by atoms with Crippen molar-refractivity contribution in [2.45, 2.75) is 13.8 Å². The fraction of sp³-hybridized carbons (Fsp3) is 0.562. The zero-order valence-electron chi connectivity index (χ0n) is 14.6. The number of hydrogen-bond acceptors (Lipinski definition) is 4. The maximum Gasteiger partial charge on any atom is 0.282 e. The van der Waals surface area contributed by atoms with Gasteiger partial charge in [0.15, 0.2) is 0 Å². The second-order valence-electron chi connectivity index (χ2n) is 5.83. The number of rotatable bonds is 7. The number of hydrogen-bond donors (Lipinski definition) is 1. The van der Waals surface area contributed by atoms with Crippen molar-refractivity contribution in [2.75, 3.05) is 51.1 Å². The van der Waals surface area contributed by atoms with Crippen molar-refractivity contribution in [1.82, 2.24) is 13.5 Å². The van der Waals surface area contributed by atoms with Crippen LogP contribution in [-0.4, -0.2) is 73.6 Å². The van der Waals surface area contributed by atoms with E-state index in [1.807, 2.05) is 18.7 Å². The van der Waals surface area contributed by atoms with Gasteiger partial charge in [-0.25, -0.2) is 4.39 Å². The van der Waals surface area contributed by atoms with E-state index >= 15 is 0 Å². The Morgan fingerprint density at radius 3 is 2.40 bits per heavy atom. The molecule has 25 heavy (non-hydrogen) atoms. The molecule has 1 aliphatic heterocycles. The van der Waals surface area contributed by atoms with Crippen LogP contribution in [0.15, 0.2) is 24.3 Å². The average Bonchev–Trinajstić information content (AvgIpc) is 2.56. The van der Waals surface area contributed by atoms with Crippen molar-refractivity contribution in [2.24, 2.45) is 0 Å². The predicted octanol–water partition coefficient (Wildman–Crippen LogP) is 0.968. The Bertz CT molecular complexity index is 686. The van der Waals surface area contributed by atoms with Gasteiger partial charge in [0.25, 0.3) is 10.2 Å². The van der Waals surface area contributed by atoms with E-state index in [0.717, 1.165) is 0 Å². The molecule has 1 N–H and O–H groups in total. The molecule has 0 aliphatic carbocycles. The van der Waals surface area contributed by atoms with Gasteiger partial charge >= 0.3 is 0 Å². The van der Waals surface area contributed by atoms with Crippen molar-refractivity contribution >= 4 is 21.8 Å².